The van der Waals surface area contributed by atoms with Gasteiger partial charge in [0.2, 0.25) is 17.4 Å². The molecule has 3 rings (SSSR count). The highest BCUT2D eigenvalue weighted by molar-refractivity contribution is 7.86. The topological polar surface area (TPSA) is 95.7 Å². The smallest absolute Gasteiger partial charge is 0.416 e. The Morgan fingerprint density at radius 2 is 1.79 bits per heavy atom. The van der Waals surface area contributed by atoms with Crippen molar-refractivity contribution in [3.63, 3.8) is 0 Å². The lowest BCUT2D eigenvalue weighted by Gasteiger charge is -2.12. The predicted octanol–water partition coefficient (Wildman–Crippen LogP) is 3.02. The van der Waals surface area contributed by atoms with Gasteiger partial charge in [0.25, 0.3) is 0 Å². The molecule has 0 unspecified atom stereocenters. The van der Waals surface area contributed by atoms with E-state index in [1.165, 1.54) is 12.1 Å². The van der Waals surface area contributed by atoms with E-state index in [-0.39, 0.29) is 11.3 Å². The first-order valence-corrected chi connectivity index (χ1v) is 9.31. The summed E-state index contributed by atoms with van der Waals surface area (Å²) in [4.78, 5) is 12.8. The molecule has 10 heteroatoms. The van der Waals surface area contributed by atoms with E-state index in [9.17, 15) is 26.4 Å². The third kappa shape index (κ3) is 4.28. The monoisotopic (exact) mass is 416 g/mol. The van der Waals surface area contributed by atoms with Gasteiger partial charge in [-0.3, -0.25) is 4.79 Å². The van der Waals surface area contributed by atoms with Crippen LogP contribution in [0.4, 0.5) is 13.2 Å². The van der Waals surface area contributed by atoms with Gasteiger partial charge in [0, 0.05) is 5.56 Å². The number of Topliss-reactive ketones (excluding diaryl/α,β-unsaturated/α-hetero) is 1. The second-order valence-electron chi connectivity index (χ2n) is 5.74. The van der Waals surface area contributed by atoms with E-state index < -0.39 is 51.1 Å². The average molecular weight is 416 g/mol. The molecule has 0 aliphatic carbocycles. The van der Waals surface area contributed by atoms with Crippen molar-refractivity contribution in [1.29, 1.82) is 0 Å². The Hall–Kier alpha value is -3.01. The molecule has 28 heavy (non-hydrogen) atoms. The molecule has 0 amide bonds. The molecule has 0 fully saturated rings. The summed E-state index contributed by atoms with van der Waals surface area (Å²) in [5.74, 6) is -4.12. The van der Waals surface area contributed by atoms with E-state index in [0.717, 1.165) is 12.1 Å². The minimum absolute atomic E-state index is 0.258. The summed E-state index contributed by atoms with van der Waals surface area (Å²) >= 11 is 0. The van der Waals surface area contributed by atoms with Gasteiger partial charge in [-0.05, 0) is 17.7 Å². The summed E-state index contributed by atoms with van der Waals surface area (Å²) in [6, 6.07) is 10.6. The number of ketones is 1. The maximum atomic E-state index is 12.8. The van der Waals surface area contributed by atoms with Crippen LogP contribution >= 0.6 is 0 Å². The molecule has 6 nitrogen and oxygen atoms in total. The molecule has 2 aromatic carbocycles. The molecular formula is C18H14F3NO5S. The quantitative estimate of drug-likeness (QED) is 0.728. The Morgan fingerprint density at radius 1 is 1.14 bits per heavy atom. The third-order valence-electron chi connectivity index (χ3n) is 3.68. The van der Waals surface area contributed by atoms with Crippen LogP contribution in [0.5, 0.6) is 0 Å². The van der Waals surface area contributed by atoms with Gasteiger partial charge in [-0.15, -0.1) is 0 Å². The number of hydrogen-bond donors (Lipinski definition) is 1. The van der Waals surface area contributed by atoms with Crippen molar-refractivity contribution in [2.75, 3.05) is 0 Å². The first-order chi connectivity index (χ1) is 14.3. The zero-order chi connectivity index (χ0) is 23.0. The van der Waals surface area contributed by atoms with E-state index in [4.69, 9.17) is 13.1 Å². The molecule has 0 bridgehead atoms. The van der Waals surface area contributed by atoms with E-state index in [1.807, 2.05) is 0 Å². The molecular weight excluding hydrogens is 399 g/mol. The number of alkyl halides is 3. The molecule has 1 heterocycles. The molecule has 2 N–H and O–H groups in total. The molecule has 1 aliphatic heterocycles. The molecule has 1 aliphatic rings. The number of nitrogens with two attached hydrogens (primary N) is 1. The van der Waals surface area contributed by atoms with Crippen LogP contribution in [-0.2, 0) is 35.8 Å². The van der Waals surface area contributed by atoms with Gasteiger partial charge >= 0.3 is 16.3 Å². The summed E-state index contributed by atoms with van der Waals surface area (Å²) < 4.78 is 95.8. The van der Waals surface area contributed by atoms with Crippen molar-refractivity contribution in [3.05, 3.63) is 82.9 Å². The molecule has 2 aromatic rings. The molecule has 0 saturated carbocycles. The van der Waals surface area contributed by atoms with Crippen LogP contribution in [0, 0.1) is 0 Å². The first kappa shape index (κ1) is 16.0. The number of rotatable bonds is 6. The average Bonchev–Trinajstić information content (AvgIpc) is 2.94. The van der Waals surface area contributed by atoms with Crippen molar-refractivity contribution >= 4 is 15.9 Å². The summed E-state index contributed by atoms with van der Waals surface area (Å²) in [7, 11) is -4.46. The largest absolute Gasteiger partial charge is 0.460 e. The first-order valence-electron chi connectivity index (χ1n) is 9.13. The third-order valence-corrected chi connectivity index (χ3v) is 4.78. The van der Waals surface area contributed by atoms with E-state index in [1.54, 1.807) is 18.2 Å². The molecule has 0 radical (unpaired) electrons. The summed E-state index contributed by atoms with van der Waals surface area (Å²) in [5.41, 5.74) is -1.34. The normalized spacial score (nSPS) is 21.5. The Morgan fingerprint density at radius 3 is 2.36 bits per heavy atom. The summed E-state index contributed by atoms with van der Waals surface area (Å²) in [6.07, 6.45) is -7.39. The van der Waals surface area contributed by atoms with E-state index in [0.29, 0.717) is 17.7 Å². The lowest BCUT2D eigenvalue weighted by Crippen LogP contribution is -2.16. The Kier molecular flexibility index (Phi) is 4.11. The van der Waals surface area contributed by atoms with E-state index >= 15 is 0 Å². The van der Waals surface area contributed by atoms with Crippen LogP contribution in [0.1, 0.15) is 24.1 Å². The van der Waals surface area contributed by atoms with Gasteiger partial charge in [-0.25, -0.2) is 0 Å². The zero-order valence-electron chi connectivity index (χ0n) is 16.9. The van der Waals surface area contributed by atoms with Crippen LogP contribution in [0.2, 0.25) is 2.82 Å². The maximum absolute atomic E-state index is 12.8. The van der Waals surface area contributed by atoms with Crippen molar-refractivity contribution in [2.45, 2.75) is 18.0 Å². The number of halogens is 3. The van der Waals surface area contributed by atoms with Crippen molar-refractivity contribution < 1.29 is 39.5 Å². The standard InChI is InChI=1S/C18H14F3NO5S/c19-18(20,21)13-8-6-12(7-9-13)15-14(23)16(17(22)26-15)27-28(24,25)10-11-4-2-1-3-5-11/h1-9,15H,10,22H2/t15-/m0/s1/i15D/hD2. The Balaban J connectivity index is 1.92. The van der Waals surface area contributed by atoms with Crippen LogP contribution in [0.15, 0.2) is 66.2 Å². The van der Waals surface area contributed by atoms with Crippen LogP contribution < -0.4 is 5.72 Å². The van der Waals surface area contributed by atoms with Gasteiger partial charge in [0.05, 0.1) is 6.93 Å². The molecule has 1 atom stereocenters. The highest BCUT2D eigenvalue weighted by atomic mass is 32.2. The van der Waals surface area contributed by atoms with Crippen molar-refractivity contribution in [3.8, 4) is 0 Å². The van der Waals surface area contributed by atoms with Crippen molar-refractivity contribution in [2.24, 2.45) is 5.72 Å². The molecule has 148 valence electrons. The predicted molar refractivity (Wildman–Crippen MR) is 91.6 cm³/mol. The van der Waals surface area contributed by atoms with Gasteiger partial charge in [0.15, 0.2) is 8.90 Å². The Bertz CT molecular complexity index is 1120. The number of hydrogen-bond acceptors (Lipinski definition) is 6. The van der Waals surface area contributed by atoms with Crippen molar-refractivity contribution in [1.82, 2.24) is 0 Å². The summed E-state index contributed by atoms with van der Waals surface area (Å²) in [6.45, 7) is 0. The van der Waals surface area contributed by atoms with Crippen LogP contribution in [0.3, 0.4) is 0 Å². The lowest BCUT2D eigenvalue weighted by molar-refractivity contribution is -0.137. The molecule has 0 saturated heterocycles. The van der Waals surface area contributed by atoms with Crippen LogP contribution in [-0.4, -0.2) is 14.2 Å². The minimum atomic E-state index is -4.66. The van der Waals surface area contributed by atoms with Gasteiger partial charge in [0.1, 0.15) is 5.75 Å². The van der Waals surface area contributed by atoms with E-state index in [2.05, 4.69) is 0 Å². The van der Waals surface area contributed by atoms with Gasteiger partial charge < -0.3 is 14.6 Å². The minimum Gasteiger partial charge on any atom is -0.460 e. The van der Waals surface area contributed by atoms with Crippen LogP contribution in [0.25, 0.3) is 0 Å². The maximum Gasteiger partial charge on any atom is 0.416 e. The highest BCUT2D eigenvalue weighted by Crippen LogP contribution is 2.35. The van der Waals surface area contributed by atoms with Gasteiger partial charge in [-0.2, -0.15) is 21.6 Å². The number of carbonyl (C=O) groups excluding carboxylic acids is 1. The highest BCUT2D eigenvalue weighted by Gasteiger charge is 2.40. The fraction of sp³-hybridized carbons (Fsp3) is 0.167. The zero-order valence-corrected chi connectivity index (χ0v) is 14.8. The number of carbonyl (C=O) groups is 1. The second kappa shape index (κ2) is 7.19. The number of benzene rings is 2. The number of ether oxygens (including phenoxy) is 1. The SMILES string of the molecule is [2H]N([2H])C1=C(OS(=O)(=O)Cc2ccccc2)C(=O)[C@]([2H])(c2ccc(C(F)(F)F)cc2)O1. The van der Waals surface area contributed by atoms with Gasteiger partial charge in [-0.1, -0.05) is 42.5 Å². The fourth-order valence-corrected chi connectivity index (χ4v) is 3.46. The molecule has 0 spiro atoms. The fourth-order valence-electron chi connectivity index (χ4n) is 2.40. The lowest BCUT2D eigenvalue weighted by atomic mass is 10.0. The Labute approximate surface area is 162 Å². The molecule has 0 aromatic heterocycles. The second-order valence-corrected chi connectivity index (χ2v) is 7.31. The summed E-state index contributed by atoms with van der Waals surface area (Å²) in [5, 5.41) is 0.